The van der Waals surface area contributed by atoms with E-state index in [1.54, 1.807) is 0 Å². The van der Waals surface area contributed by atoms with E-state index in [1.165, 1.54) is 30.6 Å². The third-order valence-electron chi connectivity index (χ3n) is 6.36. The lowest BCUT2D eigenvalue weighted by molar-refractivity contribution is -0.146. The molecule has 1 saturated carbocycles. The van der Waals surface area contributed by atoms with Crippen molar-refractivity contribution in [1.29, 1.82) is 0 Å². The molecule has 152 valence electrons. The molecular formula is C20H33N3O4. The van der Waals surface area contributed by atoms with Crippen molar-refractivity contribution in [3.63, 3.8) is 0 Å². The van der Waals surface area contributed by atoms with E-state index < -0.39 is 5.97 Å². The Labute approximate surface area is 161 Å². The summed E-state index contributed by atoms with van der Waals surface area (Å²) in [5.74, 6) is -0.251. The first kappa shape index (κ1) is 20.1. The summed E-state index contributed by atoms with van der Waals surface area (Å²) in [5.41, 5.74) is 0. The number of likely N-dealkylation sites (tertiary alicyclic amines) is 2. The van der Waals surface area contributed by atoms with Gasteiger partial charge in [-0.3, -0.25) is 19.3 Å². The standard InChI is InChI=1S/C20H33N3O4/c24-18(13-15-5-1-2-6-15)21-16-8-11-22(12-9-16)17-7-3-4-10-23(20(17)27)14-19(25)26/h15-17H,1-14H2,(H,21,24)(H,25,26). The first-order chi connectivity index (χ1) is 13.0. The molecule has 7 nitrogen and oxygen atoms in total. The van der Waals surface area contributed by atoms with Gasteiger partial charge >= 0.3 is 5.97 Å². The van der Waals surface area contributed by atoms with Crippen LogP contribution in [0, 0.1) is 5.92 Å². The molecule has 0 aromatic rings. The molecule has 0 spiro atoms. The summed E-state index contributed by atoms with van der Waals surface area (Å²) in [5, 5.41) is 12.2. The van der Waals surface area contributed by atoms with Crippen molar-refractivity contribution in [1.82, 2.24) is 15.1 Å². The number of carbonyl (C=O) groups is 3. The fraction of sp³-hybridized carbons (Fsp3) is 0.850. The second-order valence-corrected chi connectivity index (χ2v) is 8.40. The van der Waals surface area contributed by atoms with E-state index in [9.17, 15) is 14.4 Å². The van der Waals surface area contributed by atoms with Gasteiger partial charge in [-0.25, -0.2) is 0 Å². The molecule has 0 bridgehead atoms. The first-order valence-corrected chi connectivity index (χ1v) is 10.6. The van der Waals surface area contributed by atoms with E-state index >= 15 is 0 Å². The van der Waals surface area contributed by atoms with Crippen LogP contribution >= 0.6 is 0 Å². The Morgan fingerprint density at radius 2 is 1.63 bits per heavy atom. The Bertz CT molecular complexity index is 539. The monoisotopic (exact) mass is 379 g/mol. The zero-order valence-corrected chi connectivity index (χ0v) is 16.2. The third kappa shape index (κ3) is 5.67. The lowest BCUT2D eigenvalue weighted by Gasteiger charge is -2.38. The van der Waals surface area contributed by atoms with Gasteiger partial charge in [0, 0.05) is 32.1 Å². The maximum atomic E-state index is 12.8. The fourth-order valence-corrected chi connectivity index (χ4v) is 4.86. The fourth-order valence-electron chi connectivity index (χ4n) is 4.86. The van der Waals surface area contributed by atoms with Gasteiger partial charge in [0.1, 0.15) is 6.54 Å². The Hall–Kier alpha value is -1.63. The Balaban J connectivity index is 1.46. The zero-order chi connectivity index (χ0) is 19.2. The lowest BCUT2D eigenvalue weighted by Crippen LogP contribution is -2.53. The quantitative estimate of drug-likeness (QED) is 0.732. The van der Waals surface area contributed by atoms with E-state index in [-0.39, 0.29) is 30.4 Å². The summed E-state index contributed by atoms with van der Waals surface area (Å²) < 4.78 is 0. The highest BCUT2D eigenvalue weighted by Crippen LogP contribution is 2.27. The number of carbonyl (C=O) groups excluding carboxylic acids is 2. The minimum absolute atomic E-state index is 0.0429. The van der Waals surface area contributed by atoms with Crippen molar-refractivity contribution < 1.29 is 19.5 Å². The molecular weight excluding hydrogens is 346 g/mol. The molecule has 1 unspecified atom stereocenters. The van der Waals surface area contributed by atoms with Crippen LogP contribution in [0.25, 0.3) is 0 Å². The van der Waals surface area contributed by atoms with Crippen molar-refractivity contribution in [3.05, 3.63) is 0 Å². The molecule has 0 aromatic carbocycles. The Morgan fingerprint density at radius 1 is 0.963 bits per heavy atom. The molecule has 2 N–H and O–H groups in total. The van der Waals surface area contributed by atoms with Crippen LogP contribution in [0.2, 0.25) is 0 Å². The number of hydrogen-bond donors (Lipinski definition) is 2. The second-order valence-electron chi connectivity index (χ2n) is 8.40. The van der Waals surface area contributed by atoms with Crippen LogP contribution < -0.4 is 5.32 Å². The second kappa shape index (κ2) is 9.53. The van der Waals surface area contributed by atoms with Crippen LogP contribution in [-0.4, -0.2) is 71.0 Å². The molecule has 3 rings (SSSR count). The summed E-state index contributed by atoms with van der Waals surface area (Å²) in [6.45, 7) is 1.90. The average molecular weight is 380 g/mol. The first-order valence-electron chi connectivity index (χ1n) is 10.6. The molecule has 2 saturated heterocycles. The van der Waals surface area contributed by atoms with Crippen molar-refractivity contribution >= 4 is 17.8 Å². The number of nitrogens with zero attached hydrogens (tertiary/aromatic N) is 2. The van der Waals surface area contributed by atoms with Gasteiger partial charge in [0.25, 0.3) is 0 Å². The highest BCUT2D eigenvalue weighted by molar-refractivity contribution is 5.85. The molecule has 2 aliphatic heterocycles. The minimum atomic E-state index is -0.951. The molecule has 7 heteroatoms. The molecule has 27 heavy (non-hydrogen) atoms. The molecule has 2 amide bonds. The van der Waals surface area contributed by atoms with Crippen LogP contribution in [0.15, 0.2) is 0 Å². The van der Waals surface area contributed by atoms with Crippen molar-refractivity contribution in [2.75, 3.05) is 26.2 Å². The topological polar surface area (TPSA) is 89.9 Å². The Kier molecular flexibility index (Phi) is 7.10. The normalized spacial score (nSPS) is 26.1. The molecule has 3 aliphatic rings. The van der Waals surface area contributed by atoms with Gasteiger partial charge in [0.2, 0.25) is 11.8 Å². The van der Waals surface area contributed by atoms with Crippen LogP contribution in [-0.2, 0) is 14.4 Å². The Morgan fingerprint density at radius 3 is 2.30 bits per heavy atom. The van der Waals surface area contributed by atoms with Gasteiger partial charge in [-0.1, -0.05) is 12.8 Å². The SMILES string of the molecule is O=C(O)CN1CCCCC(N2CCC(NC(=O)CC3CCCC3)CC2)C1=O. The summed E-state index contributed by atoms with van der Waals surface area (Å²) in [6.07, 6.45) is 9.87. The number of piperidine rings is 1. The number of aliphatic carboxylic acids is 1. The summed E-state index contributed by atoms with van der Waals surface area (Å²) in [4.78, 5) is 39.8. The van der Waals surface area contributed by atoms with E-state index in [0.717, 1.165) is 45.2 Å². The molecule has 1 aliphatic carbocycles. The van der Waals surface area contributed by atoms with Crippen molar-refractivity contribution in [3.8, 4) is 0 Å². The molecule has 3 fully saturated rings. The summed E-state index contributed by atoms with van der Waals surface area (Å²) >= 11 is 0. The average Bonchev–Trinajstić information content (AvgIpc) is 3.07. The number of nitrogens with one attached hydrogen (secondary N) is 1. The predicted molar refractivity (Wildman–Crippen MR) is 101 cm³/mol. The van der Waals surface area contributed by atoms with Gasteiger partial charge in [-0.2, -0.15) is 0 Å². The minimum Gasteiger partial charge on any atom is -0.480 e. The lowest BCUT2D eigenvalue weighted by atomic mass is 9.99. The van der Waals surface area contributed by atoms with E-state index in [1.807, 2.05) is 0 Å². The van der Waals surface area contributed by atoms with Gasteiger partial charge in [-0.05, 0) is 50.9 Å². The molecule has 2 heterocycles. The maximum absolute atomic E-state index is 12.8. The molecule has 1 atom stereocenters. The maximum Gasteiger partial charge on any atom is 0.323 e. The highest BCUT2D eigenvalue weighted by atomic mass is 16.4. The van der Waals surface area contributed by atoms with Gasteiger partial charge < -0.3 is 15.3 Å². The third-order valence-corrected chi connectivity index (χ3v) is 6.36. The smallest absolute Gasteiger partial charge is 0.323 e. The number of carboxylic acids is 1. The molecule has 0 radical (unpaired) electrons. The van der Waals surface area contributed by atoms with Gasteiger partial charge in [0.05, 0.1) is 6.04 Å². The summed E-state index contributed by atoms with van der Waals surface area (Å²) in [6, 6.07) is -0.00635. The number of carboxylic acid groups (broad SMARTS) is 1. The summed E-state index contributed by atoms with van der Waals surface area (Å²) in [7, 11) is 0. The van der Waals surface area contributed by atoms with Gasteiger partial charge in [-0.15, -0.1) is 0 Å². The van der Waals surface area contributed by atoms with Gasteiger partial charge in [0.15, 0.2) is 0 Å². The van der Waals surface area contributed by atoms with Crippen LogP contribution in [0.4, 0.5) is 0 Å². The highest BCUT2D eigenvalue weighted by Gasteiger charge is 2.34. The van der Waals surface area contributed by atoms with Crippen molar-refractivity contribution in [2.45, 2.75) is 76.3 Å². The number of amides is 2. The zero-order valence-electron chi connectivity index (χ0n) is 16.2. The van der Waals surface area contributed by atoms with Crippen molar-refractivity contribution in [2.24, 2.45) is 5.92 Å². The molecule has 0 aromatic heterocycles. The van der Waals surface area contributed by atoms with Crippen LogP contribution in [0.1, 0.15) is 64.2 Å². The van der Waals surface area contributed by atoms with Crippen LogP contribution in [0.3, 0.4) is 0 Å². The van der Waals surface area contributed by atoms with E-state index in [4.69, 9.17) is 5.11 Å². The number of rotatable bonds is 6. The van der Waals surface area contributed by atoms with Crippen LogP contribution in [0.5, 0.6) is 0 Å². The van der Waals surface area contributed by atoms with E-state index in [0.29, 0.717) is 18.9 Å². The largest absolute Gasteiger partial charge is 0.480 e. The number of hydrogen-bond acceptors (Lipinski definition) is 4. The predicted octanol–water partition coefficient (Wildman–Crippen LogP) is 1.61. The van der Waals surface area contributed by atoms with E-state index in [2.05, 4.69) is 10.2 Å².